The van der Waals surface area contributed by atoms with Crippen LogP contribution in [0.5, 0.6) is 0 Å². The third-order valence-corrected chi connectivity index (χ3v) is 3.38. The van der Waals surface area contributed by atoms with E-state index in [9.17, 15) is 0 Å². The number of aromatic nitrogens is 2. The number of aryl methyl sites for hydroxylation is 1. The molecule has 1 aliphatic rings. The number of rotatable bonds is 4. The number of anilines is 2. The van der Waals surface area contributed by atoms with Crippen molar-refractivity contribution in [2.45, 2.75) is 32.7 Å². The summed E-state index contributed by atoms with van der Waals surface area (Å²) in [4.78, 5) is 11.1. The molecule has 2 N–H and O–H groups in total. The first-order chi connectivity index (χ1) is 8.69. The topological polar surface area (TPSA) is 53.1 Å². The summed E-state index contributed by atoms with van der Waals surface area (Å²) >= 11 is 0. The Labute approximate surface area is 109 Å². The molecule has 5 heteroatoms. The van der Waals surface area contributed by atoms with Crippen LogP contribution in [0.4, 0.5) is 11.6 Å². The minimum absolute atomic E-state index is 0.528. The van der Waals surface area contributed by atoms with Gasteiger partial charge in [-0.2, -0.15) is 0 Å². The molecule has 1 aromatic rings. The summed E-state index contributed by atoms with van der Waals surface area (Å²) in [5, 5.41) is 6.89. The Hall–Kier alpha value is -1.36. The molecule has 1 fully saturated rings. The van der Waals surface area contributed by atoms with Crippen molar-refractivity contribution < 1.29 is 0 Å². The molecule has 0 atom stereocenters. The lowest BCUT2D eigenvalue weighted by molar-refractivity contribution is 0.478. The lowest BCUT2D eigenvalue weighted by Gasteiger charge is -2.25. The zero-order chi connectivity index (χ0) is 13.0. The number of nitrogens with one attached hydrogen (secondary N) is 2. The van der Waals surface area contributed by atoms with Crippen molar-refractivity contribution in [3.05, 3.63) is 11.9 Å². The largest absolute Gasteiger partial charge is 0.367 e. The van der Waals surface area contributed by atoms with Gasteiger partial charge in [0.2, 0.25) is 0 Å². The Bertz CT molecular complexity index is 387. The number of nitrogens with zero attached hydrogens (tertiary/aromatic N) is 3. The van der Waals surface area contributed by atoms with Gasteiger partial charge in [0.05, 0.1) is 0 Å². The molecule has 0 amide bonds. The van der Waals surface area contributed by atoms with E-state index >= 15 is 0 Å². The summed E-state index contributed by atoms with van der Waals surface area (Å²) in [7, 11) is 2.05. The molecule has 1 aromatic heterocycles. The average molecular weight is 249 g/mol. The van der Waals surface area contributed by atoms with Gasteiger partial charge in [-0.1, -0.05) is 0 Å². The lowest BCUT2D eigenvalue weighted by Crippen LogP contribution is -2.35. The zero-order valence-electron chi connectivity index (χ0n) is 11.5. The summed E-state index contributed by atoms with van der Waals surface area (Å²) in [6, 6.07) is 2.57. The molecule has 2 heterocycles. The van der Waals surface area contributed by atoms with Crippen LogP contribution in [0.15, 0.2) is 6.07 Å². The minimum Gasteiger partial charge on any atom is -0.367 e. The monoisotopic (exact) mass is 249 g/mol. The van der Waals surface area contributed by atoms with Gasteiger partial charge in [0.25, 0.3) is 0 Å². The lowest BCUT2D eigenvalue weighted by atomic mass is 10.1. The maximum atomic E-state index is 4.48. The Morgan fingerprint density at radius 2 is 2.11 bits per heavy atom. The number of hydrogen-bond acceptors (Lipinski definition) is 5. The fraction of sp³-hybridized carbons (Fsp3) is 0.692. The second-order valence-electron chi connectivity index (χ2n) is 4.84. The van der Waals surface area contributed by atoms with Gasteiger partial charge in [-0.05, 0) is 39.8 Å². The van der Waals surface area contributed by atoms with E-state index in [1.165, 1.54) is 0 Å². The van der Waals surface area contributed by atoms with Gasteiger partial charge in [-0.25, -0.2) is 9.97 Å². The van der Waals surface area contributed by atoms with Gasteiger partial charge in [0.15, 0.2) is 0 Å². The van der Waals surface area contributed by atoms with Crippen LogP contribution in [0.1, 0.15) is 25.6 Å². The van der Waals surface area contributed by atoms with Crippen LogP contribution in [-0.2, 0) is 0 Å². The van der Waals surface area contributed by atoms with E-state index < -0.39 is 0 Å². The van der Waals surface area contributed by atoms with Gasteiger partial charge < -0.3 is 15.5 Å². The summed E-state index contributed by atoms with van der Waals surface area (Å²) in [6.45, 7) is 7.19. The standard InChI is InChI=1S/C13H23N5/c1-4-18(3)13-9-12(15-10(2)16-13)17-11-5-7-14-8-6-11/h9,11,14H,4-8H2,1-3H3,(H,15,16,17). The van der Waals surface area contributed by atoms with Crippen LogP contribution >= 0.6 is 0 Å². The molecule has 5 nitrogen and oxygen atoms in total. The summed E-state index contributed by atoms with van der Waals surface area (Å²) in [6.07, 6.45) is 2.31. The molecule has 18 heavy (non-hydrogen) atoms. The quantitative estimate of drug-likeness (QED) is 0.845. The molecule has 2 rings (SSSR count). The van der Waals surface area contributed by atoms with Gasteiger partial charge in [-0.15, -0.1) is 0 Å². The molecule has 0 unspecified atom stereocenters. The van der Waals surface area contributed by atoms with Crippen LogP contribution in [0.25, 0.3) is 0 Å². The van der Waals surface area contributed by atoms with Crippen molar-refractivity contribution in [3.8, 4) is 0 Å². The molecule has 0 bridgehead atoms. The van der Waals surface area contributed by atoms with E-state index in [4.69, 9.17) is 0 Å². The van der Waals surface area contributed by atoms with Crippen molar-refractivity contribution in [2.24, 2.45) is 0 Å². The highest BCUT2D eigenvalue weighted by molar-refractivity contribution is 5.49. The molecule has 0 aliphatic carbocycles. The molecule has 1 saturated heterocycles. The number of piperidine rings is 1. The normalized spacial score (nSPS) is 16.6. The average Bonchev–Trinajstić information content (AvgIpc) is 2.38. The molecular weight excluding hydrogens is 226 g/mol. The van der Waals surface area contributed by atoms with E-state index in [0.717, 1.165) is 49.9 Å². The van der Waals surface area contributed by atoms with Crippen molar-refractivity contribution in [1.29, 1.82) is 0 Å². The SMILES string of the molecule is CCN(C)c1cc(NC2CCNCC2)nc(C)n1. The van der Waals surface area contributed by atoms with Gasteiger partial charge >= 0.3 is 0 Å². The van der Waals surface area contributed by atoms with Crippen molar-refractivity contribution in [3.63, 3.8) is 0 Å². The Balaban J connectivity index is 2.09. The zero-order valence-corrected chi connectivity index (χ0v) is 11.5. The number of hydrogen-bond donors (Lipinski definition) is 2. The highest BCUT2D eigenvalue weighted by Crippen LogP contribution is 2.17. The predicted molar refractivity (Wildman–Crippen MR) is 75.2 cm³/mol. The summed E-state index contributed by atoms with van der Waals surface area (Å²) in [5.74, 6) is 2.76. The maximum Gasteiger partial charge on any atom is 0.134 e. The fourth-order valence-electron chi connectivity index (χ4n) is 2.16. The second kappa shape index (κ2) is 6.00. The van der Waals surface area contributed by atoms with E-state index in [0.29, 0.717) is 6.04 Å². The highest BCUT2D eigenvalue weighted by atomic mass is 15.2. The molecule has 0 aromatic carbocycles. The predicted octanol–water partition coefficient (Wildman–Crippen LogP) is 1.41. The fourth-order valence-corrected chi connectivity index (χ4v) is 2.16. The summed E-state index contributed by atoms with van der Waals surface area (Å²) < 4.78 is 0. The Morgan fingerprint density at radius 3 is 2.78 bits per heavy atom. The molecular formula is C13H23N5. The molecule has 0 saturated carbocycles. The highest BCUT2D eigenvalue weighted by Gasteiger charge is 2.14. The maximum absolute atomic E-state index is 4.48. The van der Waals surface area contributed by atoms with Crippen LogP contribution < -0.4 is 15.5 Å². The van der Waals surface area contributed by atoms with E-state index in [1.807, 2.05) is 13.0 Å². The second-order valence-corrected chi connectivity index (χ2v) is 4.84. The molecule has 0 radical (unpaired) electrons. The first kappa shape index (κ1) is 13.1. The van der Waals surface area contributed by atoms with E-state index in [-0.39, 0.29) is 0 Å². The summed E-state index contributed by atoms with van der Waals surface area (Å²) in [5.41, 5.74) is 0. The van der Waals surface area contributed by atoms with Crippen molar-refractivity contribution in [1.82, 2.24) is 15.3 Å². The van der Waals surface area contributed by atoms with E-state index in [1.54, 1.807) is 0 Å². The van der Waals surface area contributed by atoms with Crippen molar-refractivity contribution >= 4 is 11.6 Å². The van der Waals surface area contributed by atoms with Crippen LogP contribution in [0.2, 0.25) is 0 Å². The third kappa shape index (κ3) is 3.32. The van der Waals surface area contributed by atoms with Gasteiger partial charge in [-0.3, -0.25) is 0 Å². The Morgan fingerprint density at radius 1 is 1.39 bits per heavy atom. The van der Waals surface area contributed by atoms with Crippen molar-refractivity contribution in [2.75, 3.05) is 36.9 Å². The van der Waals surface area contributed by atoms with Crippen LogP contribution in [-0.4, -0.2) is 42.7 Å². The third-order valence-electron chi connectivity index (χ3n) is 3.38. The smallest absolute Gasteiger partial charge is 0.134 e. The van der Waals surface area contributed by atoms with Gasteiger partial charge in [0.1, 0.15) is 17.5 Å². The van der Waals surface area contributed by atoms with Crippen LogP contribution in [0, 0.1) is 6.92 Å². The molecule has 1 aliphatic heterocycles. The Kier molecular flexibility index (Phi) is 4.36. The van der Waals surface area contributed by atoms with Crippen LogP contribution in [0.3, 0.4) is 0 Å². The minimum atomic E-state index is 0.528. The first-order valence-corrected chi connectivity index (χ1v) is 6.73. The van der Waals surface area contributed by atoms with Gasteiger partial charge in [0, 0.05) is 25.7 Å². The van der Waals surface area contributed by atoms with E-state index in [2.05, 4.69) is 39.5 Å². The first-order valence-electron chi connectivity index (χ1n) is 6.73. The molecule has 0 spiro atoms. The molecule has 100 valence electrons.